The molecule has 0 fully saturated rings. The van der Waals surface area contributed by atoms with Crippen molar-refractivity contribution in [1.82, 2.24) is 4.98 Å². The van der Waals surface area contributed by atoms with Crippen LogP contribution in [0.25, 0.3) is 10.9 Å². The molecule has 0 atom stereocenters. The third-order valence-electron chi connectivity index (χ3n) is 2.26. The van der Waals surface area contributed by atoms with Gasteiger partial charge in [0, 0.05) is 22.7 Å². The van der Waals surface area contributed by atoms with Gasteiger partial charge in [-0.25, -0.2) is 0 Å². The number of benzene rings is 1. The van der Waals surface area contributed by atoms with Gasteiger partial charge in [0.25, 0.3) is 0 Å². The zero-order chi connectivity index (χ0) is 12.1. The van der Waals surface area contributed by atoms with E-state index in [2.05, 4.69) is 11.1 Å². The molecule has 0 radical (unpaired) electrons. The summed E-state index contributed by atoms with van der Waals surface area (Å²) in [5, 5.41) is 1.14. The van der Waals surface area contributed by atoms with Gasteiger partial charge in [-0.2, -0.15) is 0 Å². The summed E-state index contributed by atoms with van der Waals surface area (Å²) in [5.74, 6) is 1.51. The van der Waals surface area contributed by atoms with Crippen molar-refractivity contribution >= 4 is 10.9 Å². The van der Waals surface area contributed by atoms with Crippen LogP contribution in [0, 0.1) is 6.92 Å². The van der Waals surface area contributed by atoms with Gasteiger partial charge >= 0.3 is 0 Å². The van der Waals surface area contributed by atoms with E-state index in [4.69, 9.17) is 9.47 Å². The number of fused-ring (bicyclic) bond motifs is 1. The number of aromatic nitrogens is 1. The van der Waals surface area contributed by atoms with E-state index in [0.29, 0.717) is 0 Å². The number of nitrogens with one attached hydrogen (secondary N) is 1. The molecular weight excluding hydrogens is 202 g/mol. The summed E-state index contributed by atoms with van der Waals surface area (Å²) in [5.41, 5.74) is 2.20. The van der Waals surface area contributed by atoms with Crippen LogP contribution in [0.3, 0.4) is 0 Å². The fraction of sp³-hybridized carbons (Fsp3) is 0.385. The number of aryl methyl sites for hydroxylation is 1. The second-order valence-corrected chi connectivity index (χ2v) is 3.25. The zero-order valence-electron chi connectivity index (χ0n) is 10.5. The standard InChI is InChI=1S/C11H13NO2.C2H6/c1-7-4-8-5-10(13-2)11(14-3)6-9(8)12-7;1-2/h4-6,12H,1-3H3;1-2H3. The molecule has 1 N–H and O–H groups in total. The molecule has 0 aliphatic carbocycles. The Kier molecular flexibility index (Phi) is 4.23. The molecule has 0 aliphatic heterocycles. The molecule has 2 aromatic rings. The van der Waals surface area contributed by atoms with Crippen molar-refractivity contribution in [3.63, 3.8) is 0 Å². The Morgan fingerprint density at radius 2 is 1.50 bits per heavy atom. The highest BCUT2D eigenvalue weighted by molar-refractivity contribution is 5.84. The molecule has 0 saturated heterocycles. The Morgan fingerprint density at radius 3 is 2.06 bits per heavy atom. The molecule has 2 rings (SSSR count). The van der Waals surface area contributed by atoms with E-state index >= 15 is 0 Å². The quantitative estimate of drug-likeness (QED) is 0.842. The van der Waals surface area contributed by atoms with Crippen LogP contribution >= 0.6 is 0 Å². The molecule has 0 bridgehead atoms. The van der Waals surface area contributed by atoms with E-state index in [1.807, 2.05) is 32.9 Å². The Labute approximate surface area is 96.4 Å². The Bertz CT molecular complexity index is 419. The highest BCUT2D eigenvalue weighted by Gasteiger charge is 2.06. The molecule has 88 valence electrons. The van der Waals surface area contributed by atoms with Crippen LogP contribution in [-0.2, 0) is 0 Å². The maximum atomic E-state index is 5.21. The number of H-pyrrole nitrogens is 1. The van der Waals surface area contributed by atoms with Crippen molar-refractivity contribution in [2.45, 2.75) is 20.8 Å². The summed E-state index contributed by atoms with van der Waals surface area (Å²) < 4.78 is 10.4. The molecule has 1 aromatic carbocycles. The summed E-state index contributed by atoms with van der Waals surface area (Å²) in [6.07, 6.45) is 0. The van der Waals surface area contributed by atoms with Gasteiger partial charge in [0.15, 0.2) is 11.5 Å². The lowest BCUT2D eigenvalue weighted by atomic mass is 10.2. The lowest BCUT2D eigenvalue weighted by Gasteiger charge is -2.06. The van der Waals surface area contributed by atoms with E-state index < -0.39 is 0 Å². The largest absolute Gasteiger partial charge is 0.493 e. The van der Waals surface area contributed by atoms with Crippen molar-refractivity contribution in [3.8, 4) is 11.5 Å². The molecule has 3 heteroatoms. The van der Waals surface area contributed by atoms with Crippen molar-refractivity contribution in [2.24, 2.45) is 0 Å². The lowest BCUT2D eigenvalue weighted by Crippen LogP contribution is -1.89. The SMILES string of the molecule is CC.COc1cc2cc(C)[nH]c2cc1OC. The fourth-order valence-corrected chi connectivity index (χ4v) is 1.60. The smallest absolute Gasteiger partial charge is 0.162 e. The van der Waals surface area contributed by atoms with Crippen LogP contribution in [0.2, 0.25) is 0 Å². The Balaban J connectivity index is 0.000000606. The minimum absolute atomic E-state index is 0.752. The molecule has 16 heavy (non-hydrogen) atoms. The highest BCUT2D eigenvalue weighted by atomic mass is 16.5. The first-order valence-corrected chi connectivity index (χ1v) is 5.46. The topological polar surface area (TPSA) is 34.2 Å². The predicted octanol–water partition coefficient (Wildman–Crippen LogP) is 3.52. The minimum Gasteiger partial charge on any atom is -0.493 e. The third-order valence-corrected chi connectivity index (χ3v) is 2.26. The van der Waals surface area contributed by atoms with Gasteiger partial charge in [0.05, 0.1) is 14.2 Å². The lowest BCUT2D eigenvalue weighted by molar-refractivity contribution is 0.356. The summed E-state index contributed by atoms with van der Waals surface area (Å²) in [4.78, 5) is 3.25. The number of methoxy groups -OCH3 is 2. The van der Waals surface area contributed by atoms with Crippen molar-refractivity contribution < 1.29 is 9.47 Å². The second kappa shape index (κ2) is 5.45. The monoisotopic (exact) mass is 221 g/mol. The first-order valence-electron chi connectivity index (χ1n) is 5.46. The zero-order valence-corrected chi connectivity index (χ0v) is 10.5. The van der Waals surface area contributed by atoms with Crippen molar-refractivity contribution in [1.29, 1.82) is 0 Å². The molecule has 0 unspecified atom stereocenters. The normalized spacial score (nSPS) is 9.56. The van der Waals surface area contributed by atoms with Gasteiger partial charge in [-0.05, 0) is 19.1 Å². The molecule has 1 heterocycles. The Hall–Kier alpha value is -1.64. The molecule has 3 nitrogen and oxygen atoms in total. The van der Waals surface area contributed by atoms with Crippen molar-refractivity contribution in [3.05, 3.63) is 23.9 Å². The Morgan fingerprint density at radius 1 is 0.938 bits per heavy atom. The van der Waals surface area contributed by atoms with Gasteiger partial charge in [-0.15, -0.1) is 0 Å². The van der Waals surface area contributed by atoms with E-state index in [1.54, 1.807) is 14.2 Å². The number of hydrogen-bond acceptors (Lipinski definition) is 2. The average Bonchev–Trinajstić information content (AvgIpc) is 2.68. The van der Waals surface area contributed by atoms with Gasteiger partial charge in [0.1, 0.15) is 0 Å². The third kappa shape index (κ3) is 2.30. The molecule has 1 aromatic heterocycles. The van der Waals surface area contributed by atoms with Crippen molar-refractivity contribution in [2.75, 3.05) is 14.2 Å². The molecule has 0 spiro atoms. The van der Waals surface area contributed by atoms with Gasteiger partial charge in [-0.3, -0.25) is 0 Å². The molecule has 0 aliphatic rings. The van der Waals surface area contributed by atoms with E-state index in [0.717, 1.165) is 28.1 Å². The first kappa shape index (κ1) is 12.4. The summed E-state index contributed by atoms with van der Waals surface area (Å²) in [6, 6.07) is 6.00. The minimum atomic E-state index is 0.752. The van der Waals surface area contributed by atoms with Crippen LogP contribution in [0.1, 0.15) is 19.5 Å². The van der Waals surface area contributed by atoms with Gasteiger partial charge in [0.2, 0.25) is 0 Å². The van der Waals surface area contributed by atoms with Gasteiger partial charge < -0.3 is 14.5 Å². The van der Waals surface area contributed by atoms with E-state index in [9.17, 15) is 0 Å². The van der Waals surface area contributed by atoms with Gasteiger partial charge in [-0.1, -0.05) is 13.8 Å². The first-order chi connectivity index (χ1) is 7.74. The molecule has 0 saturated carbocycles. The number of aromatic amines is 1. The maximum absolute atomic E-state index is 5.21. The average molecular weight is 221 g/mol. The number of rotatable bonds is 2. The van der Waals surface area contributed by atoms with Crippen LogP contribution in [-0.4, -0.2) is 19.2 Å². The number of ether oxygens (including phenoxy) is 2. The maximum Gasteiger partial charge on any atom is 0.162 e. The summed E-state index contributed by atoms with van der Waals surface area (Å²) >= 11 is 0. The van der Waals surface area contributed by atoms with Crippen LogP contribution in [0.4, 0.5) is 0 Å². The van der Waals surface area contributed by atoms with E-state index in [-0.39, 0.29) is 0 Å². The van der Waals surface area contributed by atoms with Crippen LogP contribution in [0.5, 0.6) is 11.5 Å². The number of hydrogen-bond donors (Lipinski definition) is 1. The van der Waals surface area contributed by atoms with Crippen LogP contribution < -0.4 is 9.47 Å². The summed E-state index contributed by atoms with van der Waals surface area (Å²) in [7, 11) is 3.28. The molecule has 0 amide bonds. The fourth-order valence-electron chi connectivity index (χ4n) is 1.60. The highest BCUT2D eigenvalue weighted by Crippen LogP contribution is 2.31. The summed E-state index contributed by atoms with van der Waals surface area (Å²) in [6.45, 7) is 6.03. The predicted molar refractivity (Wildman–Crippen MR) is 67.5 cm³/mol. The molecular formula is C13H19NO2. The van der Waals surface area contributed by atoms with E-state index in [1.165, 1.54) is 0 Å². The second-order valence-electron chi connectivity index (χ2n) is 3.25. The van der Waals surface area contributed by atoms with Crippen LogP contribution in [0.15, 0.2) is 18.2 Å².